The van der Waals surface area contributed by atoms with E-state index in [4.69, 9.17) is 9.47 Å². The predicted molar refractivity (Wildman–Crippen MR) is 87.1 cm³/mol. The number of benzene rings is 1. The van der Waals surface area contributed by atoms with Gasteiger partial charge in [0.25, 0.3) is 0 Å². The Morgan fingerprint density at radius 3 is 2.95 bits per heavy atom. The first-order valence-corrected chi connectivity index (χ1v) is 8.34. The molecule has 3 heteroatoms. The summed E-state index contributed by atoms with van der Waals surface area (Å²) in [6.07, 6.45) is 4.67. The van der Waals surface area contributed by atoms with Crippen molar-refractivity contribution in [2.45, 2.75) is 58.6 Å². The molecule has 1 aliphatic heterocycles. The number of hydrogen-bond acceptors (Lipinski definition) is 3. The fraction of sp³-hybridized carbons (Fsp3) is 0.667. The molecule has 1 aromatic carbocycles. The van der Waals surface area contributed by atoms with Crippen LogP contribution >= 0.6 is 0 Å². The van der Waals surface area contributed by atoms with Gasteiger partial charge < -0.3 is 14.8 Å². The molecule has 1 aliphatic rings. The van der Waals surface area contributed by atoms with E-state index in [0.717, 1.165) is 51.2 Å². The Morgan fingerprint density at radius 2 is 2.19 bits per heavy atom. The van der Waals surface area contributed by atoms with Gasteiger partial charge in [-0.1, -0.05) is 19.1 Å². The fourth-order valence-electron chi connectivity index (χ4n) is 2.93. The number of rotatable bonds is 9. The third-order valence-corrected chi connectivity index (χ3v) is 4.15. The standard InChI is InChI=1S/C18H29NO2/c1-4-11-19-17(14(3)20-5-2)8-6-15-7-9-18-16(13-15)10-12-21-18/h7,9,13-14,17,19H,4-6,8,10-12H2,1-3H3. The summed E-state index contributed by atoms with van der Waals surface area (Å²) in [7, 11) is 0. The van der Waals surface area contributed by atoms with Crippen LogP contribution in [0.1, 0.15) is 44.7 Å². The van der Waals surface area contributed by atoms with Crippen molar-refractivity contribution in [2.24, 2.45) is 0 Å². The summed E-state index contributed by atoms with van der Waals surface area (Å²) < 4.78 is 11.4. The van der Waals surface area contributed by atoms with Gasteiger partial charge in [0.1, 0.15) is 5.75 Å². The minimum Gasteiger partial charge on any atom is -0.493 e. The Kier molecular flexibility index (Phi) is 6.52. The zero-order chi connectivity index (χ0) is 15.1. The lowest BCUT2D eigenvalue weighted by atomic mass is 9.99. The first kappa shape index (κ1) is 16.3. The van der Waals surface area contributed by atoms with E-state index in [2.05, 4.69) is 44.3 Å². The first-order chi connectivity index (χ1) is 10.2. The monoisotopic (exact) mass is 291 g/mol. The van der Waals surface area contributed by atoms with Crippen LogP contribution in [0.2, 0.25) is 0 Å². The van der Waals surface area contributed by atoms with Gasteiger partial charge in [0.15, 0.2) is 0 Å². The zero-order valence-corrected chi connectivity index (χ0v) is 13.7. The normalized spacial score (nSPS) is 16.3. The molecule has 3 nitrogen and oxygen atoms in total. The van der Waals surface area contributed by atoms with Crippen molar-refractivity contribution < 1.29 is 9.47 Å². The Hall–Kier alpha value is -1.06. The summed E-state index contributed by atoms with van der Waals surface area (Å²) in [4.78, 5) is 0. The van der Waals surface area contributed by atoms with Crippen molar-refractivity contribution in [1.29, 1.82) is 0 Å². The first-order valence-electron chi connectivity index (χ1n) is 8.34. The summed E-state index contributed by atoms with van der Waals surface area (Å²) in [6.45, 7) is 9.11. The molecule has 0 aromatic heterocycles. The molecule has 2 rings (SSSR count). The van der Waals surface area contributed by atoms with Gasteiger partial charge in [-0.05, 0) is 56.8 Å². The number of nitrogens with one attached hydrogen (secondary N) is 1. The lowest BCUT2D eigenvalue weighted by molar-refractivity contribution is 0.0453. The van der Waals surface area contributed by atoms with Gasteiger partial charge in [0.05, 0.1) is 12.7 Å². The van der Waals surface area contributed by atoms with Gasteiger partial charge in [0.2, 0.25) is 0 Å². The molecular weight excluding hydrogens is 262 g/mol. The van der Waals surface area contributed by atoms with E-state index in [1.54, 1.807) is 0 Å². The van der Waals surface area contributed by atoms with Crippen LogP contribution < -0.4 is 10.1 Å². The van der Waals surface area contributed by atoms with Crippen LogP contribution in [0, 0.1) is 0 Å². The second-order valence-electron chi connectivity index (χ2n) is 5.80. The molecule has 0 fully saturated rings. The SMILES string of the molecule is CCCNC(CCc1ccc2c(c1)CCO2)C(C)OCC. The van der Waals surface area contributed by atoms with Gasteiger partial charge in [-0.2, -0.15) is 0 Å². The second kappa shape index (κ2) is 8.40. The molecule has 0 aliphatic carbocycles. The van der Waals surface area contributed by atoms with E-state index in [1.807, 2.05) is 0 Å². The van der Waals surface area contributed by atoms with E-state index in [9.17, 15) is 0 Å². The fourth-order valence-corrected chi connectivity index (χ4v) is 2.93. The van der Waals surface area contributed by atoms with Crippen LogP contribution in [0.4, 0.5) is 0 Å². The van der Waals surface area contributed by atoms with Crippen molar-refractivity contribution in [3.63, 3.8) is 0 Å². The highest BCUT2D eigenvalue weighted by Crippen LogP contribution is 2.26. The maximum atomic E-state index is 5.78. The third-order valence-electron chi connectivity index (χ3n) is 4.15. The Bertz CT molecular complexity index is 433. The van der Waals surface area contributed by atoms with Crippen molar-refractivity contribution in [3.8, 4) is 5.75 Å². The van der Waals surface area contributed by atoms with Crippen LogP contribution in [0.3, 0.4) is 0 Å². The van der Waals surface area contributed by atoms with E-state index in [0.29, 0.717) is 6.04 Å². The van der Waals surface area contributed by atoms with Crippen molar-refractivity contribution in [1.82, 2.24) is 5.32 Å². The molecule has 21 heavy (non-hydrogen) atoms. The maximum absolute atomic E-state index is 5.78. The summed E-state index contributed by atoms with van der Waals surface area (Å²) in [6, 6.07) is 7.06. The van der Waals surface area contributed by atoms with Crippen molar-refractivity contribution in [2.75, 3.05) is 19.8 Å². The number of aryl methyl sites for hydroxylation is 1. The molecular formula is C18H29NO2. The number of hydrogen-bond donors (Lipinski definition) is 1. The van der Waals surface area contributed by atoms with Crippen LogP contribution in [-0.2, 0) is 17.6 Å². The van der Waals surface area contributed by atoms with Gasteiger partial charge in [-0.15, -0.1) is 0 Å². The van der Waals surface area contributed by atoms with E-state index >= 15 is 0 Å². The molecule has 118 valence electrons. The predicted octanol–water partition coefficient (Wildman–Crippen LogP) is 3.35. The van der Waals surface area contributed by atoms with E-state index in [-0.39, 0.29) is 6.10 Å². The lowest BCUT2D eigenvalue weighted by Crippen LogP contribution is -2.40. The van der Waals surface area contributed by atoms with Crippen LogP contribution in [-0.4, -0.2) is 31.9 Å². The van der Waals surface area contributed by atoms with Gasteiger partial charge in [0, 0.05) is 19.1 Å². The Labute approximate surface area is 129 Å². The summed E-state index contributed by atoms with van der Waals surface area (Å²) >= 11 is 0. The number of ether oxygens (including phenoxy) is 2. The molecule has 1 N–H and O–H groups in total. The molecule has 0 spiro atoms. The number of fused-ring (bicyclic) bond motifs is 1. The molecule has 1 aromatic rings. The highest BCUT2D eigenvalue weighted by atomic mass is 16.5. The quantitative estimate of drug-likeness (QED) is 0.757. The molecule has 0 bridgehead atoms. The molecule has 2 atom stereocenters. The van der Waals surface area contributed by atoms with Crippen molar-refractivity contribution >= 4 is 0 Å². The smallest absolute Gasteiger partial charge is 0.122 e. The Balaban J connectivity index is 1.90. The van der Waals surface area contributed by atoms with Crippen LogP contribution in [0.25, 0.3) is 0 Å². The minimum absolute atomic E-state index is 0.263. The van der Waals surface area contributed by atoms with Crippen molar-refractivity contribution in [3.05, 3.63) is 29.3 Å². The van der Waals surface area contributed by atoms with Gasteiger partial charge in [-0.3, -0.25) is 0 Å². The minimum atomic E-state index is 0.263. The molecule has 0 radical (unpaired) electrons. The van der Waals surface area contributed by atoms with Gasteiger partial charge in [-0.25, -0.2) is 0 Å². The highest BCUT2D eigenvalue weighted by molar-refractivity contribution is 5.39. The topological polar surface area (TPSA) is 30.5 Å². The zero-order valence-electron chi connectivity index (χ0n) is 13.7. The van der Waals surface area contributed by atoms with E-state index in [1.165, 1.54) is 11.1 Å². The summed E-state index contributed by atoms with van der Waals surface area (Å²) in [5.74, 6) is 1.07. The highest BCUT2D eigenvalue weighted by Gasteiger charge is 2.17. The molecule has 0 saturated heterocycles. The lowest BCUT2D eigenvalue weighted by Gasteiger charge is -2.25. The molecule has 0 saturated carbocycles. The molecule has 2 unspecified atom stereocenters. The average Bonchev–Trinajstić information content (AvgIpc) is 2.95. The summed E-state index contributed by atoms with van der Waals surface area (Å²) in [5.41, 5.74) is 2.77. The van der Waals surface area contributed by atoms with E-state index < -0.39 is 0 Å². The van der Waals surface area contributed by atoms with Gasteiger partial charge >= 0.3 is 0 Å². The third kappa shape index (κ3) is 4.72. The average molecular weight is 291 g/mol. The second-order valence-corrected chi connectivity index (χ2v) is 5.80. The molecule has 1 heterocycles. The molecule has 0 amide bonds. The largest absolute Gasteiger partial charge is 0.493 e. The maximum Gasteiger partial charge on any atom is 0.122 e. The van der Waals surface area contributed by atoms with Crippen LogP contribution in [0.15, 0.2) is 18.2 Å². The summed E-state index contributed by atoms with van der Waals surface area (Å²) in [5, 5.41) is 3.63. The Morgan fingerprint density at radius 1 is 1.33 bits per heavy atom. The van der Waals surface area contributed by atoms with Crippen LogP contribution in [0.5, 0.6) is 5.75 Å².